The van der Waals surface area contributed by atoms with Crippen molar-refractivity contribution < 1.29 is 0 Å². The van der Waals surface area contributed by atoms with Crippen molar-refractivity contribution in [2.75, 3.05) is 5.73 Å². The zero-order valence-electron chi connectivity index (χ0n) is 9.38. The molecule has 2 rings (SSSR count). The normalized spacial score (nSPS) is 12.3. The molecule has 0 fully saturated rings. The lowest BCUT2D eigenvalue weighted by Gasteiger charge is -2.15. The molecular weight excluding hydrogens is 245 g/mol. The van der Waals surface area contributed by atoms with E-state index in [1.165, 1.54) is 0 Å². The average molecular weight is 258 g/mol. The van der Waals surface area contributed by atoms with E-state index in [1.54, 1.807) is 16.7 Å². The van der Waals surface area contributed by atoms with Gasteiger partial charge in [0.05, 0.1) is 15.7 Å². The molecule has 2 heterocycles. The van der Waals surface area contributed by atoms with Crippen LogP contribution in [0.4, 0.5) is 5.82 Å². The van der Waals surface area contributed by atoms with E-state index in [-0.39, 0.29) is 5.41 Å². The maximum Gasteiger partial charge on any atom is 0.157 e. The Kier molecular flexibility index (Phi) is 2.55. The molecule has 0 aliphatic heterocycles. The lowest BCUT2D eigenvalue weighted by Crippen LogP contribution is -2.14. The summed E-state index contributed by atoms with van der Waals surface area (Å²) in [4.78, 5) is 4.47. The molecule has 16 heavy (non-hydrogen) atoms. The third-order valence-electron chi connectivity index (χ3n) is 2.39. The number of hydrogen-bond donors (Lipinski definition) is 1. The second-order valence-corrected chi connectivity index (χ2v) is 5.64. The summed E-state index contributed by atoms with van der Waals surface area (Å²) in [5.41, 5.74) is 7.40. The summed E-state index contributed by atoms with van der Waals surface area (Å²) < 4.78 is 1.73. The van der Waals surface area contributed by atoms with Gasteiger partial charge in [-0.05, 0) is 6.07 Å². The first-order chi connectivity index (χ1) is 7.30. The van der Waals surface area contributed by atoms with E-state index in [4.69, 9.17) is 28.9 Å². The predicted octanol–water partition coefficient (Wildman–Crippen LogP) is 3.52. The molecule has 0 aromatic carbocycles. The molecule has 0 spiro atoms. The Hall–Kier alpha value is -0.930. The Morgan fingerprint density at radius 2 is 1.94 bits per heavy atom. The first kappa shape index (κ1) is 11.6. The molecule has 0 radical (unpaired) electrons. The van der Waals surface area contributed by atoms with Crippen LogP contribution >= 0.6 is 23.2 Å². The van der Waals surface area contributed by atoms with Crippen LogP contribution in [-0.2, 0) is 5.41 Å². The van der Waals surface area contributed by atoms with Crippen LogP contribution in [0, 0.1) is 0 Å². The smallest absolute Gasteiger partial charge is 0.157 e. The lowest BCUT2D eigenvalue weighted by molar-refractivity contribution is 0.576. The molecule has 0 saturated carbocycles. The van der Waals surface area contributed by atoms with Gasteiger partial charge < -0.3 is 5.73 Å². The van der Waals surface area contributed by atoms with E-state index < -0.39 is 0 Å². The summed E-state index contributed by atoms with van der Waals surface area (Å²) >= 11 is 12.0. The van der Waals surface area contributed by atoms with Crippen molar-refractivity contribution in [3.8, 4) is 0 Å². The van der Waals surface area contributed by atoms with E-state index in [0.29, 0.717) is 21.5 Å². The van der Waals surface area contributed by atoms with Crippen molar-refractivity contribution in [1.82, 2.24) is 9.38 Å². The Morgan fingerprint density at radius 3 is 2.50 bits per heavy atom. The molecule has 3 nitrogen and oxygen atoms in total. The Labute approximate surface area is 104 Å². The zero-order chi connectivity index (χ0) is 12.1. The second-order valence-electron chi connectivity index (χ2n) is 4.80. The highest BCUT2D eigenvalue weighted by atomic mass is 35.5. The van der Waals surface area contributed by atoms with Crippen molar-refractivity contribution in [3.63, 3.8) is 0 Å². The molecule has 0 unspecified atom stereocenters. The van der Waals surface area contributed by atoms with Crippen LogP contribution in [0.15, 0.2) is 12.3 Å². The number of pyridine rings is 1. The summed E-state index contributed by atoms with van der Waals surface area (Å²) in [6.07, 6.45) is 1.72. The standard InChI is InChI=1S/C11H13Cl2N3/c1-11(2,3)8-9(14)16-5-6(12)4-7(13)10(16)15-8/h4-5H,14H2,1-3H3. The fraction of sp³-hybridized carbons (Fsp3) is 0.364. The monoisotopic (exact) mass is 257 g/mol. The third kappa shape index (κ3) is 1.74. The summed E-state index contributed by atoms with van der Waals surface area (Å²) in [6.45, 7) is 6.17. The molecule has 0 amide bonds. The van der Waals surface area contributed by atoms with Crippen molar-refractivity contribution in [2.24, 2.45) is 0 Å². The van der Waals surface area contributed by atoms with Gasteiger partial charge in [0.15, 0.2) is 5.65 Å². The highest BCUT2D eigenvalue weighted by Crippen LogP contribution is 2.31. The van der Waals surface area contributed by atoms with E-state index in [9.17, 15) is 0 Å². The van der Waals surface area contributed by atoms with Gasteiger partial charge in [0.25, 0.3) is 0 Å². The van der Waals surface area contributed by atoms with Crippen molar-refractivity contribution in [3.05, 3.63) is 28.0 Å². The summed E-state index contributed by atoms with van der Waals surface area (Å²) in [7, 11) is 0. The van der Waals surface area contributed by atoms with Gasteiger partial charge in [-0.3, -0.25) is 4.40 Å². The summed E-state index contributed by atoms with van der Waals surface area (Å²) in [6, 6.07) is 1.66. The highest BCUT2D eigenvalue weighted by molar-refractivity contribution is 6.36. The molecule has 0 aliphatic carbocycles. The van der Waals surface area contributed by atoms with Crippen molar-refractivity contribution in [2.45, 2.75) is 26.2 Å². The maximum atomic E-state index is 6.07. The molecule has 0 atom stereocenters. The van der Waals surface area contributed by atoms with Crippen LogP contribution in [0.3, 0.4) is 0 Å². The highest BCUT2D eigenvalue weighted by Gasteiger charge is 2.23. The van der Waals surface area contributed by atoms with E-state index in [2.05, 4.69) is 25.8 Å². The minimum atomic E-state index is -0.119. The molecule has 2 N–H and O–H groups in total. The molecule has 5 heteroatoms. The fourth-order valence-corrected chi connectivity index (χ4v) is 2.16. The summed E-state index contributed by atoms with van der Waals surface area (Å²) in [5.74, 6) is 0.590. The molecule has 0 bridgehead atoms. The molecule has 86 valence electrons. The lowest BCUT2D eigenvalue weighted by atomic mass is 9.92. The fourth-order valence-electron chi connectivity index (χ4n) is 1.64. The quantitative estimate of drug-likeness (QED) is 0.785. The minimum absolute atomic E-state index is 0.119. The first-order valence-corrected chi connectivity index (χ1v) is 5.69. The SMILES string of the molecule is CC(C)(C)c1nc2c(Cl)cc(Cl)cn2c1N. The summed E-state index contributed by atoms with van der Waals surface area (Å²) in [5, 5.41) is 1.05. The number of halogens is 2. The number of rotatable bonds is 0. The van der Waals surface area contributed by atoms with Crippen LogP contribution < -0.4 is 5.73 Å². The van der Waals surface area contributed by atoms with Crippen LogP contribution in [-0.4, -0.2) is 9.38 Å². The van der Waals surface area contributed by atoms with Gasteiger partial charge >= 0.3 is 0 Å². The van der Waals surface area contributed by atoms with Gasteiger partial charge in [-0.25, -0.2) is 4.98 Å². The van der Waals surface area contributed by atoms with Gasteiger partial charge in [-0.2, -0.15) is 0 Å². The van der Waals surface area contributed by atoms with E-state index >= 15 is 0 Å². The second kappa shape index (κ2) is 3.54. The minimum Gasteiger partial charge on any atom is -0.383 e. The number of imidazole rings is 1. The third-order valence-corrected chi connectivity index (χ3v) is 2.87. The van der Waals surface area contributed by atoms with Gasteiger partial charge in [0.2, 0.25) is 0 Å². The van der Waals surface area contributed by atoms with Gasteiger partial charge in [-0.1, -0.05) is 44.0 Å². The number of anilines is 1. The number of aromatic nitrogens is 2. The van der Waals surface area contributed by atoms with Gasteiger partial charge in [0, 0.05) is 11.6 Å². The molecule has 2 aromatic rings. The zero-order valence-corrected chi connectivity index (χ0v) is 10.9. The van der Waals surface area contributed by atoms with Crippen LogP contribution in [0.25, 0.3) is 5.65 Å². The van der Waals surface area contributed by atoms with Crippen LogP contribution in [0.2, 0.25) is 10.0 Å². The molecule has 2 aromatic heterocycles. The number of fused-ring (bicyclic) bond motifs is 1. The molecular formula is C11H13Cl2N3. The Morgan fingerprint density at radius 1 is 1.31 bits per heavy atom. The van der Waals surface area contributed by atoms with Gasteiger partial charge in [-0.15, -0.1) is 0 Å². The predicted molar refractivity (Wildman–Crippen MR) is 68.3 cm³/mol. The van der Waals surface area contributed by atoms with Gasteiger partial charge in [0.1, 0.15) is 5.82 Å². The van der Waals surface area contributed by atoms with E-state index in [0.717, 1.165) is 5.69 Å². The van der Waals surface area contributed by atoms with Crippen LogP contribution in [0.1, 0.15) is 26.5 Å². The average Bonchev–Trinajstić information content (AvgIpc) is 2.43. The number of hydrogen-bond acceptors (Lipinski definition) is 2. The number of nitrogens with two attached hydrogens (primary N) is 1. The van der Waals surface area contributed by atoms with Crippen molar-refractivity contribution in [1.29, 1.82) is 0 Å². The number of nitrogens with zero attached hydrogens (tertiary/aromatic N) is 2. The molecule has 0 saturated heterocycles. The number of nitrogen functional groups attached to an aromatic ring is 1. The Bertz CT molecular complexity index is 552. The topological polar surface area (TPSA) is 43.3 Å². The van der Waals surface area contributed by atoms with Crippen LogP contribution in [0.5, 0.6) is 0 Å². The van der Waals surface area contributed by atoms with E-state index in [1.807, 2.05) is 0 Å². The Balaban J connectivity index is 2.83. The first-order valence-electron chi connectivity index (χ1n) is 4.94. The maximum absolute atomic E-state index is 6.07. The van der Waals surface area contributed by atoms with Crippen molar-refractivity contribution >= 4 is 34.7 Å². The largest absolute Gasteiger partial charge is 0.383 e. The molecule has 0 aliphatic rings.